The van der Waals surface area contributed by atoms with Gasteiger partial charge in [-0.3, -0.25) is 4.79 Å². The molecule has 0 atom stereocenters. The summed E-state index contributed by atoms with van der Waals surface area (Å²) in [6.45, 7) is 1.76. The molecule has 76 valence electrons. The van der Waals surface area contributed by atoms with Crippen LogP contribution in [0.15, 0.2) is 36.5 Å². The summed E-state index contributed by atoms with van der Waals surface area (Å²) < 4.78 is 1.64. The van der Waals surface area contributed by atoms with Gasteiger partial charge >= 0.3 is 0 Å². The molecule has 1 heterocycles. The van der Waals surface area contributed by atoms with Crippen molar-refractivity contribution in [1.82, 2.24) is 9.78 Å². The molecule has 0 aliphatic rings. The summed E-state index contributed by atoms with van der Waals surface area (Å²) in [6.07, 6.45) is 1.64. The Morgan fingerprint density at radius 3 is 2.53 bits per heavy atom. The highest BCUT2D eigenvalue weighted by molar-refractivity contribution is 6.67. The maximum atomic E-state index is 11.0. The smallest absolute Gasteiger partial charge is 0.255 e. The van der Waals surface area contributed by atoms with Crippen molar-refractivity contribution >= 4 is 16.8 Å². The van der Waals surface area contributed by atoms with Gasteiger partial charge in [-0.05, 0) is 30.7 Å². The van der Waals surface area contributed by atoms with Gasteiger partial charge < -0.3 is 0 Å². The standard InChI is InChI=1S/C11H9ClN2O/c1-8-10(11(12)15)7-14(13-8)9-5-3-2-4-6-9/h2-7H,1H3. The lowest BCUT2D eigenvalue weighted by molar-refractivity contribution is 0.108. The van der Waals surface area contributed by atoms with E-state index in [9.17, 15) is 4.79 Å². The van der Waals surface area contributed by atoms with E-state index >= 15 is 0 Å². The van der Waals surface area contributed by atoms with Gasteiger partial charge in [0, 0.05) is 6.20 Å². The van der Waals surface area contributed by atoms with Crippen LogP contribution in [0.3, 0.4) is 0 Å². The van der Waals surface area contributed by atoms with E-state index in [1.165, 1.54) is 0 Å². The lowest BCUT2D eigenvalue weighted by Gasteiger charge is -1.98. The number of nitrogens with zero attached hydrogens (tertiary/aromatic N) is 2. The van der Waals surface area contributed by atoms with Gasteiger partial charge in [-0.25, -0.2) is 4.68 Å². The number of aromatic nitrogens is 2. The number of rotatable bonds is 2. The molecule has 2 rings (SSSR count). The molecule has 3 nitrogen and oxygen atoms in total. The van der Waals surface area contributed by atoms with Gasteiger partial charge in [-0.1, -0.05) is 18.2 Å². The van der Waals surface area contributed by atoms with Crippen LogP contribution in [0, 0.1) is 6.92 Å². The second-order valence-electron chi connectivity index (χ2n) is 3.18. The molecule has 0 aliphatic carbocycles. The molecule has 1 aromatic heterocycles. The van der Waals surface area contributed by atoms with Crippen LogP contribution in [-0.4, -0.2) is 15.0 Å². The third kappa shape index (κ3) is 1.92. The molecule has 0 unspecified atom stereocenters. The van der Waals surface area contributed by atoms with Crippen molar-refractivity contribution in [1.29, 1.82) is 0 Å². The Hall–Kier alpha value is -1.61. The summed E-state index contributed by atoms with van der Waals surface area (Å²) in [4.78, 5) is 11.0. The van der Waals surface area contributed by atoms with E-state index < -0.39 is 5.24 Å². The molecule has 0 fully saturated rings. The van der Waals surface area contributed by atoms with Crippen LogP contribution in [0.25, 0.3) is 5.69 Å². The van der Waals surface area contributed by atoms with E-state index in [-0.39, 0.29) is 0 Å². The Labute approximate surface area is 92.3 Å². The second kappa shape index (κ2) is 3.87. The van der Waals surface area contributed by atoms with Crippen molar-refractivity contribution in [2.24, 2.45) is 0 Å². The van der Waals surface area contributed by atoms with Crippen molar-refractivity contribution in [3.8, 4) is 5.69 Å². The highest BCUT2D eigenvalue weighted by Gasteiger charge is 2.11. The molecule has 15 heavy (non-hydrogen) atoms. The third-order valence-electron chi connectivity index (χ3n) is 2.13. The molecule has 0 bridgehead atoms. The predicted molar refractivity (Wildman–Crippen MR) is 58.5 cm³/mol. The van der Waals surface area contributed by atoms with E-state index in [2.05, 4.69) is 5.10 Å². The van der Waals surface area contributed by atoms with Crippen molar-refractivity contribution < 1.29 is 4.79 Å². The van der Waals surface area contributed by atoms with Gasteiger partial charge in [0.05, 0.1) is 16.9 Å². The van der Waals surface area contributed by atoms with Gasteiger partial charge in [0.2, 0.25) is 0 Å². The number of carbonyl (C=O) groups is 1. The Balaban J connectivity index is 2.48. The van der Waals surface area contributed by atoms with E-state index in [0.29, 0.717) is 11.3 Å². The average Bonchev–Trinajstić information content (AvgIpc) is 2.62. The molecule has 2 aromatic rings. The van der Waals surface area contributed by atoms with Crippen LogP contribution in [0.5, 0.6) is 0 Å². The fraction of sp³-hybridized carbons (Fsp3) is 0.0909. The molecular formula is C11H9ClN2O. The van der Waals surface area contributed by atoms with Crippen molar-refractivity contribution in [2.75, 3.05) is 0 Å². The van der Waals surface area contributed by atoms with E-state index in [1.54, 1.807) is 17.8 Å². The minimum atomic E-state index is -0.477. The van der Waals surface area contributed by atoms with Crippen molar-refractivity contribution in [3.05, 3.63) is 47.8 Å². The topological polar surface area (TPSA) is 34.9 Å². The minimum Gasteiger partial charge on any atom is -0.275 e. The summed E-state index contributed by atoms with van der Waals surface area (Å²) in [5, 5.41) is 3.74. The minimum absolute atomic E-state index is 0.445. The van der Waals surface area contributed by atoms with E-state index in [1.807, 2.05) is 30.3 Å². The molecular weight excluding hydrogens is 212 g/mol. The Bertz CT molecular complexity index is 491. The van der Waals surface area contributed by atoms with Crippen molar-refractivity contribution in [3.63, 3.8) is 0 Å². The maximum Gasteiger partial charge on any atom is 0.255 e. The predicted octanol–water partition coefficient (Wildman–Crippen LogP) is 2.56. The second-order valence-corrected chi connectivity index (χ2v) is 3.53. The van der Waals surface area contributed by atoms with Gasteiger partial charge in [0.25, 0.3) is 5.24 Å². The van der Waals surface area contributed by atoms with Crippen molar-refractivity contribution in [2.45, 2.75) is 6.92 Å². The molecule has 0 aliphatic heterocycles. The number of halogens is 1. The molecule has 0 saturated heterocycles. The van der Waals surface area contributed by atoms with Gasteiger partial charge in [0.15, 0.2) is 0 Å². The summed E-state index contributed by atoms with van der Waals surface area (Å²) in [5.41, 5.74) is 1.99. The SMILES string of the molecule is Cc1nn(-c2ccccc2)cc1C(=O)Cl. The number of aryl methyl sites for hydroxylation is 1. The number of hydrogen-bond acceptors (Lipinski definition) is 2. The zero-order valence-electron chi connectivity index (χ0n) is 8.14. The van der Waals surface area contributed by atoms with Crippen LogP contribution >= 0.6 is 11.6 Å². The summed E-state index contributed by atoms with van der Waals surface area (Å²) in [6, 6.07) is 9.57. The first-order valence-electron chi connectivity index (χ1n) is 4.50. The first kappa shape index (κ1) is 9.93. The normalized spacial score (nSPS) is 10.3. The van der Waals surface area contributed by atoms with Crippen LogP contribution in [-0.2, 0) is 0 Å². The lowest BCUT2D eigenvalue weighted by atomic mass is 10.3. The highest BCUT2D eigenvalue weighted by atomic mass is 35.5. The van der Waals surface area contributed by atoms with Crippen LogP contribution in [0.4, 0.5) is 0 Å². The molecule has 4 heteroatoms. The average molecular weight is 221 g/mol. The van der Waals surface area contributed by atoms with Crippen LogP contribution < -0.4 is 0 Å². The number of benzene rings is 1. The molecule has 0 N–H and O–H groups in total. The fourth-order valence-corrected chi connectivity index (χ4v) is 1.55. The van der Waals surface area contributed by atoms with Gasteiger partial charge in [-0.2, -0.15) is 5.10 Å². The highest BCUT2D eigenvalue weighted by Crippen LogP contribution is 2.13. The Kier molecular flexibility index (Phi) is 2.56. The fourth-order valence-electron chi connectivity index (χ4n) is 1.37. The number of para-hydroxylation sites is 1. The van der Waals surface area contributed by atoms with E-state index in [4.69, 9.17) is 11.6 Å². The largest absolute Gasteiger partial charge is 0.275 e. The molecule has 0 spiro atoms. The molecule has 1 aromatic carbocycles. The van der Waals surface area contributed by atoms with E-state index in [0.717, 1.165) is 5.69 Å². The monoisotopic (exact) mass is 220 g/mol. The Morgan fingerprint density at radius 2 is 2.00 bits per heavy atom. The van der Waals surface area contributed by atoms with Gasteiger partial charge in [-0.15, -0.1) is 0 Å². The quantitative estimate of drug-likeness (QED) is 0.729. The lowest BCUT2D eigenvalue weighted by Crippen LogP contribution is -1.93. The van der Waals surface area contributed by atoms with Gasteiger partial charge in [0.1, 0.15) is 0 Å². The number of carbonyl (C=O) groups excluding carboxylic acids is 1. The third-order valence-corrected chi connectivity index (χ3v) is 2.33. The maximum absolute atomic E-state index is 11.0. The number of hydrogen-bond donors (Lipinski definition) is 0. The Morgan fingerprint density at radius 1 is 1.33 bits per heavy atom. The van der Waals surface area contributed by atoms with Crippen LogP contribution in [0.1, 0.15) is 16.1 Å². The molecule has 0 saturated carbocycles. The zero-order chi connectivity index (χ0) is 10.8. The molecule has 0 radical (unpaired) electrons. The molecule has 0 amide bonds. The summed E-state index contributed by atoms with van der Waals surface area (Å²) in [5.74, 6) is 0. The zero-order valence-corrected chi connectivity index (χ0v) is 8.90. The first-order valence-corrected chi connectivity index (χ1v) is 4.88. The first-order chi connectivity index (χ1) is 7.18. The summed E-state index contributed by atoms with van der Waals surface area (Å²) in [7, 11) is 0. The van der Waals surface area contributed by atoms with Crippen LogP contribution in [0.2, 0.25) is 0 Å². The summed E-state index contributed by atoms with van der Waals surface area (Å²) >= 11 is 5.42.